The van der Waals surface area contributed by atoms with Crippen molar-refractivity contribution >= 4 is 17.0 Å². The summed E-state index contributed by atoms with van der Waals surface area (Å²) in [4.78, 5) is 7.12. The predicted octanol–water partition coefficient (Wildman–Crippen LogP) is 2.28. The largest absolute Gasteiger partial charge is 0.378 e. The summed E-state index contributed by atoms with van der Waals surface area (Å²) in [6, 6.07) is 8.38. The molecular formula is C14H19N3O. The van der Waals surface area contributed by atoms with E-state index in [1.54, 1.807) is 0 Å². The summed E-state index contributed by atoms with van der Waals surface area (Å²) < 4.78 is 7.75. The van der Waals surface area contributed by atoms with Crippen LogP contribution in [-0.4, -0.2) is 35.9 Å². The molecule has 2 heterocycles. The molecule has 2 aromatic rings. The summed E-state index contributed by atoms with van der Waals surface area (Å²) in [7, 11) is 0. The van der Waals surface area contributed by atoms with E-state index in [0.29, 0.717) is 0 Å². The maximum absolute atomic E-state index is 5.42. The third-order valence-corrected chi connectivity index (χ3v) is 3.38. The first kappa shape index (κ1) is 11.5. The molecule has 1 aliphatic rings. The Morgan fingerprint density at radius 3 is 2.78 bits per heavy atom. The summed E-state index contributed by atoms with van der Waals surface area (Å²) in [5.41, 5.74) is 2.33. The van der Waals surface area contributed by atoms with Gasteiger partial charge in [-0.25, -0.2) is 4.98 Å². The van der Waals surface area contributed by atoms with Gasteiger partial charge in [-0.15, -0.1) is 0 Å². The van der Waals surface area contributed by atoms with Crippen molar-refractivity contribution in [1.29, 1.82) is 0 Å². The van der Waals surface area contributed by atoms with Gasteiger partial charge in [0, 0.05) is 19.6 Å². The molecule has 1 aromatic carbocycles. The molecule has 1 saturated heterocycles. The van der Waals surface area contributed by atoms with Gasteiger partial charge in [0.15, 0.2) is 0 Å². The minimum atomic E-state index is 0.801. The first-order valence-corrected chi connectivity index (χ1v) is 6.68. The lowest BCUT2D eigenvalue weighted by molar-refractivity contribution is 0.121. The topological polar surface area (TPSA) is 30.3 Å². The SMILES string of the molecule is CCCn1c(N2CCOCC2)nc2ccccc21. The Morgan fingerprint density at radius 2 is 2.00 bits per heavy atom. The molecule has 0 aliphatic carbocycles. The molecule has 1 aromatic heterocycles. The van der Waals surface area contributed by atoms with Crippen LogP contribution in [0.4, 0.5) is 5.95 Å². The van der Waals surface area contributed by atoms with Crippen LogP contribution in [0.1, 0.15) is 13.3 Å². The second kappa shape index (κ2) is 4.98. The molecule has 96 valence electrons. The van der Waals surface area contributed by atoms with Gasteiger partial charge >= 0.3 is 0 Å². The molecule has 1 fully saturated rings. The highest BCUT2D eigenvalue weighted by Gasteiger charge is 2.18. The zero-order chi connectivity index (χ0) is 12.4. The number of ether oxygens (including phenoxy) is 1. The molecule has 0 spiro atoms. The number of para-hydroxylation sites is 2. The number of nitrogens with zero attached hydrogens (tertiary/aromatic N) is 3. The molecule has 0 unspecified atom stereocenters. The number of anilines is 1. The average molecular weight is 245 g/mol. The van der Waals surface area contributed by atoms with Crippen molar-refractivity contribution in [3.05, 3.63) is 24.3 Å². The van der Waals surface area contributed by atoms with E-state index in [1.165, 1.54) is 5.52 Å². The Balaban J connectivity index is 2.05. The summed E-state index contributed by atoms with van der Waals surface area (Å²) in [5, 5.41) is 0. The molecule has 4 heteroatoms. The fourth-order valence-corrected chi connectivity index (χ4v) is 2.51. The Hall–Kier alpha value is -1.55. The van der Waals surface area contributed by atoms with Gasteiger partial charge in [0.2, 0.25) is 5.95 Å². The standard InChI is InChI=1S/C14H19N3O/c1-2-7-17-13-6-4-3-5-12(13)15-14(17)16-8-10-18-11-9-16/h3-6H,2,7-11H2,1H3. The Kier molecular flexibility index (Phi) is 3.19. The van der Waals surface area contributed by atoms with Gasteiger partial charge in [-0.2, -0.15) is 0 Å². The van der Waals surface area contributed by atoms with Gasteiger partial charge in [-0.3, -0.25) is 0 Å². The second-order valence-corrected chi connectivity index (χ2v) is 4.65. The van der Waals surface area contributed by atoms with E-state index in [1.807, 2.05) is 0 Å². The smallest absolute Gasteiger partial charge is 0.206 e. The molecule has 0 saturated carbocycles. The van der Waals surface area contributed by atoms with Crippen LogP contribution in [0.25, 0.3) is 11.0 Å². The average Bonchev–Trinajstić information content (AvgIpc) is 2.80. The van der Waals surface area contributed by atoms with Gasteiger partial charge in [0.1, 0.15) is 0 Å². The molecule has 0 bridgehead atoms. The third-order valence-electron chi connectivity index (χ3n) is 3.38. The molecule has 0 atom stereocenters. The number of morpholine rings is 1. The fourth-order valence-electron chi connectivity index (χ4n) is 2.51. The lowest BCUT2D eigenvalue weighted by Gasteiger charge is -2.28. The van der Waals surface area contributed by atoms with Gasteiger partial charge in [0.05, 0.1) is 24.2 Å². The number of aryl methyl sites for hydroxylation is 1. The van der Waals surface area contributed by atoms with E-state index in [9.17, 15) is 0 Å². The number of hydrogen-bond acceptors (Lipinski definition) is 3. The predicted molar refractivity (Wildman–Crippen MR) is 73.1 cm³/mol. The Morgan fingerprint density at radius 1 is 1.22 bits per heavy atom. The first-order chi connectivity index (χ1) is 8.90. The van der Waals surface area contributed by atoms with E-state index in [2.05, 4.69) is 40.7 Å². The molecule has 0 N–H and O–H groups in total. The van der Waals surface area contributed by atoms with Crippen molar-refractivity contribution in [2.24, 2.45) is 0 Å². The van der Waals surface area contributed by atoms with E-state index >= 15 is 0 Å². The molecule has 1 aliphatic heterocycles. The molecule has 4 nitrogen and oxygen atoms in total. The summed E-state index contributed by atoms with van der Waals surface area (Å²) in [6.45, 7) is 6.70. The van der Waals surface area contributed by atoms with E-state index in [-0.39, 0.29) is 0 Å². The number of benzene rings is 1. The van der Waals surface area contributed by atoms with Gasteiger partial charge in [0.25, 0.3) is 0 Å². The lowest BCUT2D eigenvalue weighted by atomic mass is 10.3. The number of rotatable bonds is 3. The van der Waals surface area contributed by atoms with Gasteiger partial charge in [-0.1, -0.05) is 19.1 Å². The summed E-state index contributed by atoms with van der Waals surface area (Å²) >= 11 is 0. The third kappa shape index (κ3) is 1.97. The minimum absolute atomic E-state index is 0.801. The highest BCUT2D eigenvalue weighted by atomic mass is 16.5. The van der Waals surface area contributed by atoms with Crippen LogP contribution >= 0.6 is 0 Å². The van der Waals surface area contributed by atoms with Crippen LogP contribution in [0, 0.1) is 0 Å². The molecule has 0 radical (unpaired) electrons. The Labute approximate surface area is 107 Å². The number of aromatic nitrogens is 2. The molecule has 3 rings (SSSR count). The maximum atomic E-state index is 5.42. The monoisotopic (exact) mass is 245 g/mol. The normalized spacial score (nSPS) is 16.4. The quantitative estimate of drug-likeness (QED) is 0.831. The van der Waals surface area contributed by atoms with E-state index in [4.69, 9.17) is 9.72 Å². The van der Waals surface area contributed by atoms with Crippen molar-refractivity contribution < 1.29 is 4.74 Å². The Bertz CT molecular complexity index is 529. The van der Waals surface area contributed by atoms with Gasteiger partial charge in [-0.05, 0) is 18.6 Å². The second-order valence-electron chi connectivity index (χ2n) is 4.65. The zero-order valence-electron chi connectivity index (χ0n) is 10.8. The van der Waals surface area contributed by atoms with Crippen molar-refractivity contribution in [3.63, 3.8) is 0 Å². The van der Waals surface area contributed by atoms with Gasteiger partial charge < -0.3 is 14.2 Å². The summed E-state index contributed by atoms with van der Waals surface area (Å²) in [6.07, 6.45) is 1.12. The number of imidazole rings is 1. The van der Waals surface area contributed by atoms with Crippen molar-refractivity contribution in [2.45, 2.75) is 19.9 Å². The van der Waals surface area contributed by atoms with Crippen LogP contribution < -0.4 is 4.90 Å². The van der Waals surface area contributed by atoms with Crippen LogP contribution in [0.3, 0.4) is 0 Å². The zero-order valence-corrected chi connectivity index (χ0v) is 10.8. The van der Waals surface area contributed by atoms with E-state index < -0.39 is 0 Å². The number of fused-ring (bicyclic) bond motifs is 1. The molecule has 0 amide bonds. The van der Waals surface area contributed by atoms with Crippen LogP contribution in [-0.2, 0) is 11.3 Å². The first-order valence-electron chi connectivity index (χ1n) is 6.68. The molecule has 18 heavy (non-hydrogen) atoms. The minimum Gasteiger partial charge on any atom is -0.378 e. The van der Waals surface area contributed by atoms with Crippen LogP contribution in [0.15, 0.2) is 24.3 Å². The van der Waals surface area contributed by atoms with Crippen molar-refractivity contribution in [2.75, 3.05) is 31.2 Å². The lowest BCUT2D eigenvalue weighted by Crippen LogP contribution is -2.38. The highest BCUT2D eigenvalue weighted by molar-refractivity contribution is 5.78. The van der Waals surface area contributed by atoms with Crippen LogP contribution in [0.2, 0.25) is 0 Å². The highest BCUT2D eigenvalue weighted by Crippen LogP contribution is 2.23. The number of hydrogen-bond donors (Lipinski definition) is 0. The molecular weight excluding hydrogens is 226 g/mol. The summed E-state index contributed by atoms with van der Waals surface area (Å²) in [5.74, 6) is 1.10. The van der Waals surface area contributed by atoms with Crippen LogP contribution in [0.5, 0.6) is 0 Å². The van der Waals surface area contributed by atoms with E-state index in [0.717, 1.165) is 50.7 Å². The fraction of sp³-hybridized carbons (Fsp3) is 0.500. The maximum Gasteiger partial charge on any atom is 0.206 e. The van der Waals surface area contributed by atoms with Crippen molar-refractivity contribution in [1.82, 2.24) is 9.55 Å². The van der Waals surface area contributed by atoms with Crippen molar-refractivity contribution in [3.8, 4) is 0 Å².